The summed E-state index contributed by atoms with van der Waals surface area (Å²) in [6.07, 6.45) is 5.15. The number of anilines is 1. The summed E-state index contributed by atoms with van der Waals surface area (Å²) >= 11 is 1.60. The van der Waals surface area contributed by atoms with Gasteiger partial charge in [-0.2, -0.15) is 0 Å². The molecule has 0 bridgehead atoms. The average Bonchev–Trinajstić information content (AvgIpc) is 3.38. The van der Waals surface area contributed by atoms with Crippen LogP contribution >= 0.6 is 11.3 Å². The number of carbonyl (C=O) groups excluding carboxylic acids is 2. The Labute approximate surface area is 167 Å². The average molecular weight is 392 g/mol. The first-order valence-corrected chi connectivity index (χ1v) is 10.0. The van der Waals surface area contributed by atoms with Crippen molar-refractivity contribution < 1.29 is 9.59 Å². The van der Waals surface area contributed by atoms with Gasteiger partial charge in [-0.1, -0.05) is 12.1 Å². The monoisotopic (exact) mass is 392 g/mol. The number of pyridine rings is 1. The molecule has 1 aromatic carbocycles. The maximum Gasteiger partial charge on any atom is 0.313 e. The quantitative estimate of drug-likeness (QED) is 0.688. The fourth-order valence-corrected chi connectivity index (χ4v) is 4.10. The van der Waals surface area contributed by atoms with Crippen LogP contribution in [0.3, 0.4) is 0 Å². The highest BCUT2D eigenvalue weighted by Gasteiger charge is 2.33. The summed E-state index contributed by atoms with van der Waals surface area (Å²) in [5, 5.41) is 5.72. The minimum atomic E-state index is -0.613. The maximum atomic E-state index is 12.7. The third-order valence-electron chi connectivity index (χ3n) is 4.86. The molecule has 2 aromatic heterocycles. The number of aromatic nitrogens is 2. The van der Waals surface area contributed by atoms with E-state index in [2.05, 4.69) is 15.3 Å². The van der Waals surface area contributed by atoms with Gasteiger partial charge in [-0.25, -0.2) is 4.98 Å². The van der Waals surface area contributed by atoms with E-state index in [-0.39, 0.29) is 6.04 Å². The van der Waals surface area contributed by atoms with Crippen molar-refractivity contribution in [2.45, 2.75) is 25.8 Å². The first-order chi connectivity index (χ1) is 13.6. The number of amides is 2. The van der Waals surface area contributed by atoms with E-state index in [4.69, 9.17) is 0 Å². The molecule has 1 unspecified atom stereocenters. The van der Waals surface area contributed by atoms with Crippen LogP contribution in [0, 0.1) is 6.92 Å². The molecule has 3 aromatic rings. The first kappa shape index (κ1) is 18.3. The van der Waals surface area contributed by atoms with Crippen molar-refractivity contribution in [2.24, 2.45) is 0 Å². The lowest BCUT2D eigenvalue weighted by Crippen LogP contribution is -2.39. The molecule has 6 nitrogen and oxygen atoms in total. The molecule has 0 spiro atoms. The number of thiazole rings is 1. The molecule has 0 aliphatic carbocycles. The number of hydrogen-bond donors (Lipinski definition) is 1. The van der Waals surface area contributed by atoms with E-state index in [1.807, 2.05) is 36.6 Å². The van der Waals surface area contributed by atoms with Crippen molar-refractivity contribution in [1.82, 2.24) is 14.9 Å². The maximum absolute atomic E-state index is 12.7. The fraction of sp³-hybridized carbons (Fsp3) is 0.238. The molecule has 4 rings (SSSR count). The molecule has 0 radical (unpaired) electrons. The van der Waals surface area contributed by atoms with Crippen LogP contribution in [-0.2, 0) is 9.59 Å². The Bertz CT molecular complexity index is 985. The number of benzene rings is 1. The number of carbonyl (C=O) groups is 2. The largest absolute Gasteiger partial charge is 0.327 e. The van der Waals surface area contributed by atoms with Crippen molar-refractivity contribution in [1.29, 1.82) is 0 Å². The number of aryl methyl sites for hydroxylation is 1. The van der Waals surface area contributed by atoms with Crippen LogP contribution in [0.2, 0.25) is 0 Å². The summed E-state index contributed by atoms with van der Waals surface area (Å²) in [7, 11) is 0. The Morgan fingerprint density at radius 1 is 1.14 bits per heavy atom. The SMILES string of the molecule is Cc1nc(-c2ccc(NC(=O)C(=O)N3CCCC3c3ccncc3)cc2)cs1. The van der Waals surface area contributed by atoms with Gasteiger partial charge in [0.1, 0.15) is 0 Å². The summed E-state index contributed by atoms with van der Waals surface area (Å²) < 4.78 is 0. The number of likely N-dealkylation sites (tertiary alicyclic amines) is 1. The van der Waals surface area contributed by atoms with E-state index >= 15 is 0 Å². The van der Waals surface area contributed by atoms with E-state index < -0.39 is 11.8 Å². The molecular formula is C21H20N4O2S. The van der Waals surface area contributed by atoms with Crippen LogP contribution in [0.1, 0.15) is 29.5 Å². The number of nitrogens with one attached hydrogen (secondary N) is 1. The Morgan fingerprint density at radius 3 is 2.57 bits per heavy atom. The highest BCUT2D eigenvalue weighted by Crippen LogP contribution is 2.31. The van der Waals surface area contributed by atoms with Crippen molar-refractivity contribution in [3.05, 3.63) is 64.7 Å². The van der Waals surface area contributed by atoms with E-state index in [1.54, 1.807) is 40.8 Å². The normalized spacial score (nSPS) is 16.2. The molecule has 0 saturated carbocycles. The van der Waals surface area contributed by atoms with Gasteiger partial charge < -0.3 is 10.2 Å². The smallest absolute Gasteiger partial charge is 0.313 e. The Morgan fingerprint density at radius 2 is 1.89 bits per heavy atom. The molecule has 1 N–H and O–H groups in total. The van der Waals surface area contributed by atoms with Gasteiger partial charge in [0, 0.05) is 35.6 Å². The standard InChI is InChI=1S/C21H20N4O2S/c1-14-23-18(13-28-14)15-4-6-17(7-5-15)24-20(26)21(27)25-12-2-3-19(25)16-8-10-22-11-9-16/h4-11,13,19H,2-3,12H2,1H3,(H,24,26). The van der Waals surface area contributed by atoms with Gasteiger partial charge in [0.05, 0.1) is 16.7 Å². The number of nitrogens with zero attached hydrogens (tertiary/aromatic N) is 3. The van der Waals surface area contributed by atoms with Gasteiger partial charge in [0.2, 0.25) is 0 Å². The minimum Gasteiger partial charge on any atom is -0.327 e. The second-order valence-corrected chi connectivity index (χ2v) is 7.78. The Kier molecular flexibility index (Phi) is 5.16. The van der Waals surface area contributed by atoms with E-state index in [9.17, 15) is 9.59 Å². The lowest BCUT2D eigenvalue weighted by molar-refractivity contribution is -0.143. The van der Waals surface area contributed by atoms with Crippen LogP contribution in [0.4, 0.5) is 5.69 Å². The van der Waals surface area contributed by atoms with E-state index in [0.29, 0.717) is 12.2 Å². The fourth-order valence-electron chi connectivity index (χ4n) is 3.48. The predicted molar refractivity (Wildman–Crippen MR) is 109 cm³/mol. The van der Waals surface area contributed by atoms with Crippen molar-refractivity contribution in [2.75, 3.05) is 11.9 Å². The molecule has 2 amide bonds. The molecule has 28 heavy (non-hydrogen) atoms. The molecule has 1 atom stereocenters. The lowest BCUT2D eigenvalue weighted by Gasteiger charge is -2.24. The van der Waals surface area contributed by atoms with E-state index in [0.717, 1.165) is 34.7 Å². The molecule has 1 fully saturated rings. The zero-order valence-corrected chi connectivity index (χ0v) is 16.3. The van der Waals surface area contributed by atoms with Crippen LogP contribution in [-0.4, -0.2) is 33.2 Å². The molecule has 1 aliphatic heterocycles. The second-order valence-electron chi connectivity index (χ2n) is 6.72. The zero-order chi connectivity index (χ0) is 19.5. The lowest BCUT2D eigenvalue weighted by atomic mass is 10.1. The molecule has 7 heteroatoms. The number of hydrogen-bond acceptors (Lipinski definition) is 5. The summed E-state index contributed by atoms with van der Waals surface area (Å²) in [6.45, 7) is 2.55. The number of rotatable bonds is 3. The highest BCUT2D eigenvalue weighted by molar-refractivity contribution is 7.09. The molecule has 142 valence electrons. The van der Waals surface area contributed by atoms with Gasteiger partial charge in [-0.05, 0) is 49.6 Å². The minimum absolute atomic E-state index is 0.0727. The van der Waals surface area contributed by atoms with Crippen LogP contribution in [0.15, 0.2) is 54.2 Å². The van der Waals surface area contributed by atoms with Gasteiger partial charge in [-0.15, -0.1) is 11.3 Å². The van der Waals surface area contributed by atoms with Gasteiger partial charge in [0.25, 0.3) is 0 Å². The van der Waals surface area contributed by atoms with Gasteiger partial charge in [0.15, 0.2) is 0 Å². The third kappa shape index (κ3) is 3.80. The second kappa shape index (κ2) is 7.90. The van der Waals surface area contributed by atoms with Gasteiger partial charge in [-0.3, -0.25) is 14.6 Å². The molecular weight excluding hydrogens is 372 g/mol. The van der Waals surface area contributed by atoms with Crippen molar-refractivity contribution in [3.63, 3.8) is 0 Å². The van der Waals surface area contributed by atoms with Crippen LogP contribution in [0.5, 0.6) is 0 Å². The van der Waals surface area contributed by atoms with Crippen molar-refractivity contribution >= 4 is 28.8 Å². The zero-order valence-electron chi connectivity index (χ0n) is 15.5. The van der Waals surface area contributed by atoms with Crippen LogP contribution < -0.4 is 5.32 Å². The third-order valence-corrected chi connectivity index (χ3v) is 5.63. The molecule has 1 saturated heterocycles. The Balaban J connectivity index is 1.43. The summed E-state index contributed by atoms with van der Waals surface area (Å²) in [5.41, 5.74) is 3.49. The first-order valence-electron chi connectivity index (χ1n) is 9.16. The Hall–Kier alpha value is -3.06. The summed E-state index contributed by atoms with van der Waals surface area (Å²) in [4.78, 5) is 35.3. The van der Waals surface area contributed by atoms with E-state index in [1.165, 1.54) is 0 Å². The predicted octanol–water partition coefficient (Wildman–Crippen LogP) is 3.82. The summed E-state index contributed by atoms with van der Waals surface area (Å²) in [5.74, 6) is -1.11. The van der Waals surface area contributed by atoms with Crippen LogP contribution in [0.25, 0.3) is 11.3 Å². The molecule has 3 heterocycles. The van der Waals surface area contributed by atoms with Gasteiger partial charge >= 0.3 is 11.8 Å². The highest BCUT2D eigenvalue weighted by atomic mass is 32.1. The van der Waals surface area contributed by atoms with Crippen molar-refractivity contribution in [3.8, 4) is 11.3 Å². The molecule has 1 aliphatic rings. The topological polar surface area (TPSA) is 75.2 Å². The summed E-state index contributed by atoms with van der Waals surface area (Å²) in [6, 6.07) is 11.1.